The van der Waals surface area contributed by atoms with E-state index in [0.29, 0.717) is 30.4 Å². The molecule has 1 saturated heterocycles. The van der Waals surface area contributed by atoms with E-state index < -0.39 is 10.0 Å². The highest BCUT2D eigenvalue weighted by molar-refractivity contribution is 7.91. The molecular formula is C16H19ClN2O2S2. The Kier molecular flexibility index (Phi) is 4.69. The van der Waals surface area contributed by atoms with Crippen LogP contribution >= 0.6 is 22.9 Å². The standard InChI is InChI=1S/C16H19ClN2O2S2/c1-12-3-5-14(11-15(12)17)18-7-9-19(10-8-18)23(20,21)16-6-4-13(2)22-16/h3-6,11H,7-10H2,1-2H3. The van der Waals surface area contributed by atoms with Crippen molar-refractivity contribution in [2.75, 3.05) is 31.1 Å². The van der Waals surface area contributed by atoms with E-state index in [-0.39, 0.29) is 0 Å². The third-order valence-electron chi connectivity index (χ3n) is 4.07. The average molecular weight is 371 g/mol. The molecule has 124 valence electrons. The van der Waals surface area contributed by atoms with Gasteiger partial charge in [0.15, 0.2) is 0 Å². The first-order valence-electron chi connectivity index (χ1n) is 7.45. The molecule has 2 heterocycles. The van der Waals surface area contributed by atoms with Gasteiger partial charge in [0.05, 0.1) is 0 Å². The van der Waals surface area contributed by atoms with Crippen LogP contribution in [0.4, 0.5) is 5.69 Å². The normalized spacial score (nSPS) is 16.7. The molecule has 23 heavy (non-hydrogen) atoms. The van der Waals surface area contributed by atoms with Gasteiger partial charge in [-0.05, 0) is 43.7 Å². The van der Waals surface area contributed by atoms with Crippen LogP contribution in [0.2, 0.25) is 5.02 Å². The van der Waals surface area contributed by atoms with Gasteiger partial charge in [-0.2, -0.15) is 4.31 Å². The minimum absolute atomic E-state index is 0.432. The van der Waals surface area contributed by atoms with Gasteiger partial charge in [-0.3, -0.25) is 0 Å². The number of aryl methyl sites for hydroxylation is 2. The Morgan fingerprint density at radius 2 is 1.74 bits per heavy atom. The minimum atomic E-state index is -3.36. The van der Waals surface area contributed by atoms with E-state index in [2.05, 4.69) is 4.90 Å². The number of rotatable bonds is 3. The highest BCUT2D eigenvalue weighted by Gasteiger charge is 2.29. The summed E-state index contributed by atoms with van der Waals surface area (Å²) in [7, 11) is -3.36. The van der Waals surface area contributed by atoms with E-state index in [1.807, 2.05) is 38.1 Å². The molecule has 0 N–H and O–H groups in total. The van der Waals surface area contributed by atoms with Crippen molar-refractivity contribution in [3.05, 3.63) is 45.8 Å². The first kappa shape index (κ1) is 16.8. The molecule has 0 aliphatic carbocycles. The molecule has 0 amide bonds. The fraction of sp³-hybridized carbons (Fsp3) is 0.375. The molecule has 0 unspecified atom stereocenters. The summed E-state index contributed by atoms with van der Waals surface area (Å²) in [5, 5.41) is 0.742. The van der Waals surface area contributed by atoms with Crippen LogP contribution in [0.15, 0.2) is 34.5 Å². The molecule has 0 spiro atoms. The Morgan fingerprint density at radius 3 is 2.30 bits per heavy atom. The molecule has 2 aromatic rings. The predicted molar refractivity (Wildman–Crippen MR) is 96.2 cm³/mol. The summed E-state index contributed by atoms with van der Waals surface area (Å²) in [6.07, 6.45) is 0. The van der Waals surface area contributed by atoms with Crippen molar-refractivity contribution < 1.29 is 8.42 Å². The van der Waals surface area contributed by atoms with Gasteiger partial charge in [-0.15, -0.1) is 11.3 Å². The van der Waals surface area contributed by atoms with Crippen LogP contribution in [0.3, 0.4) is 0 Å². The van der Waals surface area contributed by atoms with E-state index >= 15 is 0 Å². The lowest BCUT2D eigenvalue weighted by Crippen LogP contribution is -2.48. The van der Waals surface area contributed by atoms with Crippen LogP contribution in [-0.4, -0.2) is 38.9 Å². The molecule has 1 aliphatic heterocycles. The summed E-state index contributed by atoms with van der Waals surface area (Å²) >= 11 is 7.51. The molecule has 3 rings (SSSR count). The summed E-state index contributed by atoms with van der Waals surface area (Å²) in [6.45, 7) is 6.21. The van der Waals surface area contributed by atoms with Gasteiger partial charge in [0, 0.05) is 41.8 Å². The summed E-state index contributed by atoms with van der Waals surface area (Å²) in [6, 6.07) is 9.52. The maximum Gasteiger partial charge on any atom is 0.252 e. The Bertz CT molecular complexity index is 809. The van der Waals surface area contributed by atoms with Gasteiger partial charge in [-0.25, -0.2) is 8.42 Å². The Hall–Kier alpha value is -1.08. The SMILES string of the molecule is Cc1ccc(S(=O)(=O)N2CCN(c3ccc(C)c(Cl)c3)CC2)s1. The van der Waals surface area contributed by atoms with Crippen LogP contribution in [0.25, 0.3) is 0 Å². The second-order valence-electron chi connectivity index (χ2n) is 5.69. The second-order valence-corrected chi connectivity index (χ2v) is 9.55. The van der Waals surface area contributed by atoms with Crippen LogP contribution in [0, 0.1) is 13.8 Å². The molecule has 4 nitrogen and oxygen atoms in total. The lowest BCUT2D eigenvalue weighted by molar-refractivity contribution is 0.386. The van der Waals surface area contributed by atoms with E-state index in [9.17, 15) is 8.42 Å². The second kappa shape index (κ2) is 6.43. The quantitative estimate of drug-likeness (QED) is 0.829. The highest BCUT2D eigenvalue weighted by Crippen LogP contribution is 2.27. The number of anilines is 1. The van der Waals surface area contributed by atoms with Crippen LogP contribution in [0.5, 0.6) is 0 Å². The maximum atomic E-state index is 12.6. The molecule has 1 aromatic heterocycles. The topological polar surface area (TPSA) is 40.6 Å². The number of thiophene rings is 1. The van der Waals surface area contributed by atoms with Gasteiger partial charge >= 0.3 is 0 Å². The van der Waals surface area contributed by atoms with Crippen LogP contribution < -0.4 is 4.90 Å². The van der Waals surface area contributed by atoms with Crippen molar-refractivity contribution in [3.63, 3.8) is 0 Å². The maximum absolute atomic E-state index is 12.6. The summed E-state index contributed by atoms with van der Waals surface area (Å²) < 4.78 is 27.3. The Morgan fingerprint density at radius 1 is 1.04 bits per heavy atom. The molecule has 0 atom stereocenters. The van der Waals surface area contributed by atoms with Gasteiger partial charge < -0.3 is 4.90 Å². The zero-order valence-corrected chi connectivity index (χ0v) is 15.5. The lowest BCUT2D eigenvalue weighted by Gasteiger charge is -2.35. The number of benzene rings is 1. The number of halogens is 1. The van der Waals surface area contributed by atoms with Crippen LogP contribution in [0.1, 0.15) is 10.4 Å². The number of hydrogen-bond acceptors (Lipinski definition) is 4. The van der Waals surface area contributed by atoms with Gasteiger partial charge in [0.1, 0.15) is 4.21 Å². The van der Waals surface area contributed by atoms with Crippen molar-refractivity contribution in [1.82, 2.24) is 4.31 Å². The van der Waals surface area contributed by atoms with Gasteiger partial charge in [0.2, 0.25) is 0 Å². The monoisotopic (exact) mass is 370 g/mol. The molecule has 0 radical (unpaired) electrons. The van der Waals surface area contributed by atoms with E-state index in [0.717, 1.165) is 21.2 Å². The summed E-state index contributed by atoms with van der Waals surface area (Å²) in [5.74, 6) is 0. The fourth-order valence-electron chi connectivity index (χ4n) is 2.64. The summed E-state index contributed by atoms with van der Waals surface area (Å²) in [5.41, 5.74) is 2.09. The first-order valence-corrected chi connectivity index (χ1v) is 10.1. The van der Waals surface area contributed by atoms with Crippen molar-refractivity contribution in [2.24, 2.45) is 0 Å². The molecular weight excluding hydrogens is 352 g/mol. The minimum Gasteiger partial charge on any atom is -0.369 e. The van der Waals surface area contributed by atoms with Gasteiger partial charge in [0.25, 0.3) is 10.0 Å². The number of sulfonamides is 1. The lowest BCUT2D eigenvalue weighted by atomic mass is 10.2. The number of nitrogens with zero attached hydrogens (tertiary/aromatic N) is 2. The van der Waals surface area contributed by atoms with E-state index in [1.165, 1.54) is 11.3 Å². The number of piperazine rings is 1. The first-order chi connectivity index (χ1) is 10.9. The number of hydrogen-bond donors (Lipinski definition) is 0. The van der Waals surface area contributed by atoms with Crippen molar-refractivity contribution in [2.45, 2.75) is 18.1 Å². The molecule has 1 aromatic carbocycles. The van der Waals surface area contributed by atoms with E-state index in [1.54, 1.807) is 10.4 Å². The Balaban J connectivity index is 1.72. The molecule has 0 bridgehead atoms. The third-order valence-corrected chi connectivity index (χ3v) is 7.84. The van der Waals surface area contributed by atoms with E-state index in [4.69, 9.17) is 11.6 Å². The van der Waals surface area contributed by atoms with Crippen molar-refractivity contribution in [3.8, 4) is 0 Å². The van der Waals surface area contributed by atoms with Crippen LogP contribution in [-0.2, 0) is 10.0 Å². The highest BCUT2D eigenvalue weighted by atomic mass is 35.5. The smallest absolute Gasteiger partial charge is 0.252 e. The zero-order chi connectivity index (χ0) is 16.6. The third kappa shape index (κ3) is 3.40. The van der Waals surface area contributed by atoms with Gasteiger partial charge in [-0.1, -0.05) is 17.7 Å². The molecule has 1 aliphatic rings. The Labute approximate surface area is 146 Å². The fourth-order valence-corrected chi connectivity index (χ4v) is 5.68. The predicted octanol–water partition coefficient (Wildman–Crippen LogP) is 3.53. The zero-order valence-electron chi connectivity index (χ0n) is 13.1. The molecule has 1 fully saturated rings. The molecule has 0 saturated carbocycles. The van der Waals surface area contributed by atoms with Crippen molar-refractivity contribution in [1.29, 1.82) is 0 Å². The largest absolute Gasteiger partial charge is 0.369 e. The molecule has 7 heteroatoms. The average Bonchev–Trinajstić information content (AvgIpc) is 2.97. The summed E-state index contributed by atoms with van der Waals surface area (Å²) in [4.78, 5) is 3.19. The van der Waals surface area contributed by atoms with Crippen molar-refractivity contribution >= 4 is 38.6 Å².